The van der Waals surface area contributed by atoms with E-state index < -0.39 is 0 Å². The number of benzene rings is 2. The van der Waals surface area contributed by atoms with Gasteiger partial charge in [0, 0.05) is 24.6 Å². The van der Waals surface area contributed by atoms with Gasteiger partial charge in [-0.05, 0) is 54.4 Å². The van der Waals surface area contributed by atoms with Crippen LogP contribution in [-0.4, -0.2) is 9.78 Å². The van der Waals surface area contributed by atoms with Gasteiger partial charge in [0.05, 0.1) is 5.69 Å². The van der Waals surface area contributed by atoms with Crippen LogP contribution >= 0.6 is 0 Å². The van der Waals surface area contributed by atoms with E-state index in [2.05, 4.69) is 10.4 Å². The molecule has 106 valence electrons. The fourth-order valence-electron chi connectivity index (χ4n) is 2.17. The molecule has 0 radical (unpaired) electrons. The molecule has 0 amide bonds. The molecule has 0 aliphatic carbocycles. The van der Waals surface area contributed by atoms with E-state index in [0.29, 0.717) is 12.1 Å². The van der Waals surface area contributed by atoms with Crippen molar-refractivity contribution >= 4 is 5.69 Å². The van der Waals surface area contributed by atoms with Crippen molar-refractivity contribution in [1.29, 1.82) is 0 Å². The fraction of sp³-hybridized carbons (Fsp3) is 0.118. The number of hydrogen-bond donors (Lipinski definition) is 1. The monoisotopic (exact) mass is 281 g/mol. The first kappa shape index (κ1) is 13.4. The van der Waals surface area contributed by atoms with E-state index in [0.717, 1.165) is 16.9 Å². The molecule has 3 nitrogen and oxygen atoms in total. The molecule has 21 heavy (non-hydrogen) atoms. The van der Waals surface area contributed by atoms with Crippen LogP contribution in [0.1, 0.15) is 11.1 Å². The first-order valence-electron chi connectivity index (χ1n) is 6.81. The average molecular weight is 281 g/mol. The van der Waals surface area contributed by atoms with Crippen LogP contribution in [0, 0.1) is 12.7 Å². The van der Waals surface area contributed by atoms with E-state index in [1.54, 1.807) is 19.2 Å². The van der Waals surface area contributed by atoms with E-state index in [1.165, 1.54) is 6.07 Å². The number of nitrogens with one attached hydrogen (secondary N) is 1. The molecule has 1 aromatic heterocycles. The molecule has 3 rings (SSSR count). The molecule has 1 heterocycles. The summed E-state index contributed by atoms with van der Waals surface area (Å²) in [5.41, 5.74) is 3.77. The smallest absolute Gasteiger partial charge is 0.126 e. The van der Waals surface area contributed by atoms with Crippen LogP contribution in [-0.2, 0) is 6.54 Å². The molecule has 1 N–H and O–H groups in total. The molecule has 0 atom stereocenters. The molecular weight excluding hydrogens is 265 g/mol. The molecule has 3 aromatic rings. The van der Waals surface area contributed by atoms with Crippen molar-refractivity contribution in [1.82, 2.24) is 9.78 Å². The molecule has 0 unspecified atom stereocenters. The summed E-state index contributed by atoms with van der Waals surface area (Å²) in [6, 6.07) is 15.1. The van der Waals surface area contributed by atoms with Crippen LogP contribution in [0.3, 0.4) is 0 Å². The normalized spacial score (nSPS) is 10.6. The predicted octanol–water partition coefficient (Wildman–Crippen LogP) is 3.93. The van der Waals surface area contributed by atoms with Gasteiger partial charge in [-0.25, -0.2) is 9.07 Å². The Balaban J connectivity index is 1.66. The Morgan fingerprint density at radius 1 is 1.14 bits per heavy atom. The molecule has 2 aromatic carbocycles. The first-order chi connectivity index (χ1) is 10.2. The third kappa shape index (κ3) is 3.11. The summed E-state index contributed by atoms with van der Waals surface area (Å²) in [5, 5.41) is 7.52. The Morgan fingerprint density at radius 3 is 2.62 bits per heavy atom. The Bertz CT molecular complexity index is 718. The molecule has 0 spiro atoms. The molecule has 0 saturated carbocycles. The van der Waals surface area contributed by atoms with Crippen LogP contribution in [0.15, 0.2) is 60.9 Å². The topological polar surface area (TPSA) is 29.9 Å². The average Bonchev–Trinajstić information content (AvgIpc) is 3.03. The highest BCUT2D eigenvalue weighted by Gasteiger charge is 2.00. The number of nitrogens with zero attached hydrogens (tertiary/aromatic N) is 2. The lowest BCUT2D eigenvalue weighted by atomic mass is 10.1. The summed E-state index contributed by atoms with van der Waals surface area (Å²) >= 11 is 0. The van der Waals surface area contributed by atoms with Crippen LogP contribution in [0.5, 0.6) is 0 Å². The van der Waals surface area contributed by atoms with Gasteiger partial charge in [0.25, 0.3) is 0 Å². The highest BCUT2D eigenvalue weighted by atomic mass is 19.1. The number of hydrogen-bond acceptors (Lipinski definition) is 2. The van der Waals surface area contributed by atoms with Gasteiger partial charge in [-0.15, -0.1) is 0 Å². The van der Waals surface area contributed by atoms with Crippen molar-refractivity contribution in [3.05, 3.63) is 77.9 Å². The third-order valence-corrected chi connectivity index (χ3v) is 3.36. The van der Waals surface area contributed by atoms with E-state index in [9.17, 15) is 4.39 Å². The fourth-order valence-corrected chi connectivity index (χ4v) is 2.17. The summed E-state index contributed by atoms with van der Waals surface area (Å²) in [4.78, 5) is 0. The van der Waals surface area contributed by atoms with Gasteiger partial charge in [0.2, 0.25) is 0 Å². The van der Waals surface area contributed by atoms with Crippen molar-refractivity contribution in [3.8, 4) is 5.69 Å². The van der Waals surface area contributed by atoms with E-state index in [-0.39, 0.29) is 5.82 Å². The van der Waals surface area contributed by atoms with E-state index in [1.807, 2.05) is 47.3 Å². The predicted molar refractivity (Wildman–Crippen MR) is 82.0 cm³/mol. The van der Waals surface area contributed by atoms with E-state index in [4.69, 9.17) is 0 Å². The lowest BCUT2D eigenvalue weighted by Crippen LogP contribution is -2.01. The van der Waals surface area contributed by atoms with Crippen LogP contribution < -0.4 is 5.32 Å². The number of halogens is 1. The molecule has 0 bridgehead atoms. The van der Waals surface area contributed by atoms with E-state index >= 15 is 0 Å². The Hall–Kier alpha value is -2.62. The zero-order chi connectivity index (χ0) is 14.7. The van der Waals surface area contributed by atoms with Crippen molar-refractivity contribution in [3.63, 3.8) is 0 Å². The summed E-state index contributed by atoms with van der Waals surface area (Å²) in [6.45, 7) is 2.44. The quantitative estimate of drug-likeness (QED) is 0.785. The van der Waals surface area contributed by atoms with Crippen LogP contribution in [0.2, 0.25) is 0 Å². The zero-order valence-electron chi connectivity index (χ0n) is 11.8. The molecule has 4 heteroatoms. The number of aryl methyl sites for hydroxylation is 1. The minimum Gasteiger partial charge on any atom is -0.381 e. The SMILES string of the molecule is Cc1cc(CNc2ccc(-n3cccn3)cc2)ccc1F. The maximum atomic E-state index is 13.2. The summed E-state index contributed by atoms with van der Waals surface area (Å²) in [7, 11) is 0. The third-order valence-electron chi connectivity index (χ3n) is 3.36. The van der Waals surface area contributed by atoms with Gasteiger partial charge in [0.15, 0.2) is 0 Å². The number of aromatic nitrogens is 2. The van der Waals surface area contributed by atoms with Gasteiger partial charge in [-0.2, -0.15) is 5.10 Å². The molecule has 0 saturated heterocycles. The van der Waals surface area contributed by atoms with Crippen molar-refractivity contribution in [2.24, 2.45) is 0 Å². The van der Waals surface area contributed by atoms with Gasteiger partial charge in [-0.3, -0.25) is 0 Å². The Morgan fingerprint density at radius 2 is 1.95 bits per heavy atom. The van der Waals surface area contributed by atoms with Gasteiger partial charge in [0.1, 0.15) is 5.82 Å². The number of anilines is 1. The largest absolute Gasteiger partial charge is 0.381 e. The van der Waals surface area contributed by atoms with Crippen molar-refractivity contribution < 1.29 is 4.39 Å². The maximum absolute atomic E-state index is 13.2. The highest BCUT2D eigenvalue weighted by Crippen LogP contribution is 2.15. The first-order valence-corrected chi connectivity index (χ1v) is 6.81. The number of rotatable bonds is 4. The summed E-state index contributed by atoms with van der Waals surface area (Å²) in [6.07, 6.45) is 3.66. The zero-order valence-corrected chi connectivity index (χ0v) is 11.8. The van der Waals surface area contributed by atoms with Crippen molar-refractivity contribution in [2.45, 2.75) is 13.5 Å². The highest BCUT2D eigenvalue weighted by molar-refractivity contribution is 5.48. The maximum Gasteiger partial charge on any atom is 0.126 e. The van der Waals surface area contributed by atoms with Gasteiger partial charge in [-0.1, -0.05) is 12.1 Å². The van der Waals surface area contributed by atoms with Crippen LogP contribution in [0.4, 0.5) is 10.1 Å². The lowest BCUT2D eigenvalue weighted by molar-refractivity contribution is 0.617. The second-order valence-corrected chi connectivity index (χ2v) is 4.93. The van der Waals surface area contributed by atoms with Gasteiger partial charge >= 0.3 is 0 Å². The summed E-state index contributed by atoms with van der Waals surface area (Å²) in [5.74, 6) is -0.165. The molecule has 0 fully saturated rings. The Kier molecular flexibility index (Phi) is 3.69. The minimum atomic E-state index is -0.165. The minimum absolute atomic E-state index is 0.165. The molecule has 0 aliphatic rings. The van der Waals surface area contributed by atoms with Gasteiger partial charge < -0.3 is 5.32 Å². The molecule has 0 aliphatic heterocycles. The second-order valence-electron chi connectivity index (χ2n) is 4.93. The van der Waals surface area contributed by atoms with Crippen molar-refractivity contribution in [2.75, 3.05) is 5.32 Å². The summed E-state index contributed by atoms with van der Waals surface area (Å²) < 4.78 is 15.0. The standard InChI is InChI=1S/C17H16FN3/c1-13-11-14(3-8-17(13)18)12-19-15-4-6-16(7-5-15)21-10-2-9-20-21/h2-11,19H,12H2,1H3. The Labute approximate surface area is 123 Å². The lowest BCUT2D eigenvalue weighted by Gasteiger charge is -2.09. The van der Waals surface area contributed by atoms with Crippen LogP contribution in [0.25, 0.3) is 5.69 Å². The second kappa shape index (κ2) is 5.79. The molecular formula is C17H16FN3.